The maximum Gasteiger partial charge on any atom is 0.0720 e. The number of rotatable bonds is 8. The Bertz CT molecular complexity index is 289. The molecule has 0 aliphatic carbocycles. The highest BCUT2D eigenvalue weighted by Gasteiger charge is 2.00. The molecule has 0 amide bonds. The van der Waals surface area contributed by atoms with Crippen molar-refractivity contribution in [3.8, 4) is 0 Å². The van der Waals surface area contributed by atoms with Gasteiger partial charge >= 0.3 is 0 Å². The normalized spacial score (nSPS) is 10.6. The zero-order chi connectivity index (χ0) is 11.6. The van der Waals surface area contributed by atoms with E-state index in [1.54, 1.807) is 0 Å². The van der Waals surface area contributed by atoms with Crippen LogP contribution in [0.1, 0.15) is 18.1 Å². The smallest absolute Gasteiger partial charge is 0.0720 e. The van der Waals surface area contributed by atoms with E-state index in [4.69, 9.17) is 15.2 Å². The predicted molar refractivity (Wildman–Crippen MR) is 65.3 cm³/mol. The fourth-order valence-corrected chi connectivity index (χ4v) is 1.54. The second-order valence-corrected chi connectivity index (χ2v) is 3.56. The van der Waals surface area contributed by atoms with Crippen molar-refractivity contribution in [2.24, 2.45) is 5.73 Å². The second kappa shape index (κ2) is 8.28. The molecule has 2 N–H and O–H groups in total. The molecule has 0 bridgehead atoms. The largest absolute Gasteiger partial charge is 0.379 e. The quantitative estimate of drug-likeness (QED) is 0.683. The summed E-state index contributed by atoms with van der Waals surface area (Å²) in [4.78, 5) is 0. The van der Waals surface area contributed by atoms with Crippen LogP contribution in [-0.2, 0) is 22.5 Å². The molecule has 0 atom stereocenters. The standard InChI is InChI=1S/C13H21NO2/c1-2-15-9-10-16-11-13-6-4-3-5-12(13)7-8-14/h3-6H,2,7-11,14H2,1H3. The Hall–Kier alpha value is -0.900. The highest BCUT2D eigenvalue weighted by molar-refractivity contribution is 5.26. The molecule has 0 saturated heterocycles. The van der Waals surface area contributed by atoms with Gasteiger partial charge in [-0.1, -0.05) is 24.3 Å². The minimum absolute atomic E-state index is 0.642. The molecule has 3 heteroatoms. The lowest BCUT2D eigenvalue weighted by Gasteiger charge is -2.09. The van der Waals surface area contributed by atoms with Gasteiger partial charge in [-0.15, -0.1) is 0 Å². The SMILES string of the molecule is CCOCCOCc1ccccc1CCN. The van der Waals surface area contributed by atoms with Crippen LogP contribution in [0.25, 0.3) is 0 Å². The molecule has 0 aromatic heterocycles. The van der Waals surface area contributed by atoms with Crippen molar-refractivity contribution in [1.82, 2.24) is 0 Å². The molecule has 0 aliphatic heterocycles. The lowest BCUT2D eigenvalue weighted by molar-refractivity contribution is 0.0450. The van der Waals surface area contributed by atoms with Crippen LogP contribution in [0.5, 0.6) is 0 Å². The summed E-state index contributed by atoms with van der Waals surface area (Å²) < 4.78 is 10.7. The first-order valence-corrected chi connectivity index (χ1v) is 5.80. The van der Waals surface area contributed by atoms with Gasteiger partial charge < -0.3 is 15.2 Å². The minimum atomic E-state index is 0.642. The third kappa shape index (κ3) is 4.75. The van der Waals surface area contributed by atoms with Gasteiger partial charge in [0.05, 0.1) is 19.8 Å². The van der Waals surface area contributed by atoms with Crippen molar-refractivity contribution in [2.45, 2.75) is 20.0 Å². The molecule has 0 radical (unpaired) electrons. The molecule has 0 spiro atoms. The molecule has 0 saturated carbocycles. The fourth-order valence-electron chi connectivity index (χ4n) is 1.54. The summed E-state index contributed by atoms with van der Waals surface area (Å²) in [5.41, 5.74) is 8.07. The zero-order valence-corrected chi connectivity index (χ0v) is 9.95. The van der Waals surface area contributed by atoms with E-state index in [0.717, 1.165) is 13.0 Å². The third-order valence-corrected chi connectivity index (χ3v) is 2.37. The minimum Gasteiger partial charge on any atom is -0.379 e. The van der Waals surface area contributed by atoms with E-state index in [0.29, 0.717) is 26.4 Å². The summed E-state index contributed by atoms with van der Waals surface area (Å²) in [6.07, 6.45) is 0.908. The topological polar surface area (TPSA) is 44.5 Å². The Kier molecular flexibility index (Phi) is 6.81. The van der Waals surface area contributed by atoms with Crippen molar-refractivity contribution in [2.75, 3.05) is 26.4 Å². The highest BCUT2D eigenvalue weighted by Crippen LogP contribution is 2.10. The van der Waals surface area contributed by atoms with Gasteiger partial charge in [-0.25, -0.2) is 0 Å². The molecule has 0 fully saturated rings. The molecular weight excluding hydrogens is 202 g/mol. The van der Waals surface area contributed by atoms with Gasteiger partial charge in [-0.05, 0) is 31.0 Å². The monoisotopic (exact) mass is 223 g/mol. The maximum absolute atomic E-state index is 5.56. The van der Waals surface area contributed by atoms with Gasteiger partial charge in [0, 0.05) is 6.61 Å². The van der Waals surface area contributed by atoms with Crippen LogP contribution in [0, 0.1) is 0 Å². The molecular formula is C13H21NO2. The van der Waals surface area contributed by atoms with Crippen LogP contribution in [0.15, 0.2) is 24.3 Å². The Labute approximate surface area is 97.6 Å². The van der Waals surface area contributed by atoms with E-state index in [9.17, 15) is 0 Å². The molecule has 3 nitrogen and oxygen atoms in total. The van der Waals surface area contributed by atoms with Crippen molar-refractivity contribution in [3.63, 3.8) is 0 Å². The number of ether oxygens (including phenoxy) is 2. The van der Waals surface area contributed by atoms with Crippen LogP contribution in [0.4, 0.5) is 0 Å². The van der Waals surface area contributed by atoms with Gasteiger partial charge in [-0.2, -0.15) is 0 Å². The number of hydrogen-bond acceptors (Lipinski definition) is 3. The van der Waals surface area contributed by atoms with Gasteiger partial charge in [-0.3, -0.25) is 0 Å². The molecule has 1 aromatic carbocycles. The fraction of sp³-hybridized carbons (Fsp3) is 0.538. The number of nitrogens with two attached hydrogens (primary N) is 1. The molecule has 1 aromatic rings. The second-order valence-electron chi connectivity index (χ2n) is 3.56. The summed E-state index contributed by atoms with van der Waals surface area (Å²) in [6, 6.07) is 8.26. The van der Waals surface area contributed by atoms with Crippen molar-refractivity contribution in [3.05, 3.63) is 35.4 Å². The van der Waals surface area contributed by atoms with Crippen molar-refractivity contribution >= 4 is 0 Å². The zero-order valence-electron chi connectivity index (χ0n) is 9.95. The van der Waals surface area contributed by atoms with E-state index in [2.05, 4.69) is 12.1 Å². The molecule has 0 heterocycles. The summed E-state index contributed by atoms with van der Waals surface area (Å²) in [6.45, 7) is 5.35. The molecule has 16 heavy (non-hydrogen) atoms. The first-order valence-electron chi connectivity index (χ1n) is 5.80. The van der Waals surface area contributed by atoms with Gasteiger partial charge in [0.25, 0.3) is 0 Å². The lowest BCUT2D eigenvalue weighted by Crippen LogP contribution is -2.08. The summed E-state index contributed by atoms with van der Waals surface area (Å²) in [5, 5.41) is 0. The van der Waals surface area contributed by atoms with Crippen molar-refractivity contribution < 1.29 is 9.47 Å². The third-order valence-electron chi connectivity index (χ3n) is 2.37. The van der Waals surface area contributed by atoms with E-state index in [1.165, 1.54) is 11.1 Å². The first kappa shape index (κ1) is 13.2. The Balaban J connectivity index is 2.34. The van der Waals surface area contributed by atoms with Gasteiger partial charge in [0.15, 0.2) is 0 Å². The van der Waals surface area contributed by atoms with Gasteiger partial charge in [0.1, 0.15) is 0 Å². The summed E-state index contributed by atoms with van der Waals surface area (Å²) in [7, 11) is 0. The first-order chi connectivity index (χ1) is 7.88. The average molecular weight is 223 g/mol. The predicted octanol–water partition coefficient (Wildman–Crippen LogP) is 1.74. The van der Waals surface area contributed by atoms with Gasteiger partial charge in [0.2, 0.25) is 0 Å². The maximum atomic E-state index is 5.56. The van der Waals surface area contributed by atoms with Crippen LogP contribution in [0.3, 0.4) is 0 Å². The van der Waals surface area contributed by atoms with Crippen LogP contribution < -0.4 is 5.73 Å². The molecule has 90 valence electrons. The molecule has 1 rings (SSSR count). The average Bonchev–Trinajstić information content (AvgIpc) is 2.31. The van der Waals surface area contributed by atoms with Crippen molar-refractivity contribution in [1.29, 1.82) is 0 Å². The molecule has 0 aliphatic rings. The summed E-state index contributed by atoms with van der Waals surface area (Å²) in [5.74, 6) is 0. The van der Waals surface area contributed by atoms with Crippen LogP contribution in [0.2, 0.25) is 0 Å². The van der Waals surface area contributed by atoms with E-state index >= 15 is 0 Å². The molecule has 0 unspecified atom stereocenters. The van der Waals surface area contributed by atoms with E-state index in [1.807, 2.05) is 19.1 Å². The lowest BCUT2D eigenvalue weighted by atomic mass is 10.1. The summed E-state index contributed by atoms with van der Waals surface area (Å²) >= 11 is 0. The Morgan fingerprint density at radius 3 is 2.44 bits per heavy atom. The highest BCUT2D eigenvalue weighted by atomic mass is 16.5. The Morgan fingerprint density at radius 1 is 1.06 bits per heavy atom. The van der Waals surface area contributed by atoms with Crippen LogP contribution in [-0.4, -0.2) is 26.4 Å². The number of hydrogen-bond donors (Lipinski definition) is 1. The van der Waals surface area contributed by atoms with E-state index < -0.39 is 0 Å². The van der Waals surface area contributed by atoms with Crippen LogP contribution >= 0.6 is 0 Å². The van der Waals surface area contributed by atoms with E-state index in [-0.39, 0.29) is 0 Å². The number of benzene rings is 1. The Morgan fingerprint density at radius 2 is 1.75 bits per heavy atom.